The molecule has 0 atom stereocenters. The number of imidazole rings is 1. The Bertz CT molecular complexity index is 482. The van der Waals surface area contributed by atoms with Gasteiger partial charge in [0.25, 0.3) is 0 Å². The van der Waals surface area contributed by atoms with E-state index in [2.05, 4.69) is 33.8 Å². The molecule has 0 aliphatic carbocycles. The monoisotopic (exact) mass is 251 g/mol. The molecule has 0 unspecified atom stereocenters. The van der Waals surface area contributed by atoms with Crippen molar-refractivity contribution < 1.29 is 0 Å². The Hall–Kier alpha value is -1.43. The quantitative estimate of drug-likeness (QED) is 0.768. The lowest BCUT2D eigenvalue weighted by Crippen LogP contribution is -2.09. The molecule has 17 heavy (non-hydrogen) atoms. The van der Waals surface area contributed by atoms with E-state index in [1.807, 2.05) is 28.6 Å². The maximum absolute atomic E-state index is 4.52. The zero-order chi connectivity index (χ0) is 12.1. The van der Waals surface area contributed by atoms with Crippen LogP contribution in [0.3, 0.4) is 0 Å². The molecule has 0 aliphatic heterocycles. The van der Waals surface area contributed by atoms with Crippen molar-refractivity contribution in [1.82, 2.24) is 14.4 Å². The molecule has 92 valence electrons. The van der Waals surface area contributed by atoms with Gasteiger partial charge in [-0.05, 0) is 13.2 Å². The van der Waals surface area contributed by atoms with Gasteiger partial charge in [0.05, 0.1) is 6.20 Å². The van der Waals surface area contributed by atoms with E-state index in [9.17, 15) is 0 Å². The van der Waals surface area contributed by atoms with Gasteiger partial charge in [-0.1, -0.05) is 0 Å². The van der Waals surface area contributed by atoms with Gasteiger partial charge in [0, 0.05) is 31.2 Å². The Morgan fingerprint density at radius 2 is 2.29 bits per heavy atom. The molecular weight excluding hydrogens is 234 g/mol. The number of rotatable bonds is 6. The number of anilines is 2. The molecule has 0 aliphatic rings. The zero-order valence-electron chi connectivity index (χ0n) is 10.1. The van der Waals surface area contributed by atoms with Gasteiger partial charge in [-0.2, -0.15) is 11.8 Å². The van der Waals surface area contributed by atoms with Crippen molar-refractivity contribution in [2.75, 3.05) is 35.7 Å². The van der Waals surface area contributed by atoms with E-state index in [0.717, 1.165) is 36.1 Å². The minimum absolute atomic E-state index is 0.836. The molecule has 5 nitrogen and oxygen atoms in total. The fourth-order valence-corrected chi connectivity index (χ4v) is 1.89. The van der Waals surface area contributed by atoms with E-state index in [0.29, 0.717) is 0 Å². The molecule has 2 aromatic rings. The molecule has 0 amide bonds. The van der Waals surface area contributed by atoms with Crippen LogP contribution >= 0.6 is 11.8 Å². The minimum Gasteiger partial charge on any atom is -0.369 e. The predicted molar refractivity (Wildman–Crippen MR) is 74.0 cm³/mol. The first kappa shape index (κ1) is 12.0. The van der Waals surface area contributed by atoms with Gasteiger partial charge < -0.3 is 15.0 Å². The van der Waals surface area contributed by atoms with Gasteiger partial charge >= 0.3 is 0 Å². The van der Waals surface area contributed by atoms with Crippen LogP contribution in [0.2, 0.25) is 0 Å². The van der Waals surface area contributed by atoms with E-state index in [4.69, 9.17) is 0 Å². The Balaban J connectivity index is 2.26. The lowest BCUT2D eigenvalue weighted by Gasteiger charge is -2.09. The average Bonchev–Trinajstić information content (AvgIpc) is 2.78. The first-order valence-electron chi connectivity index (χ1n) is 5.65. The van der Waals surface area contributed by atoms with Crippen molar-refractivity contribution in [1.29, 1.82) is 0 Å². The largest absolute Gasteiger partial charge is 0.369 e. The number of nitrogens with zero attached hydrogens (tertiary/aromatic N) is 3. The van der Waals surface area contributed by atoms with Crippen LogP contribution in [0.4, 0.5) is 11.6 Å². The van der Waals surface area contributed by atoms with Crippen LogP contribution in [0.1, 0.15) is 6.92 Å². The summed E-state index contributed by atoms with van der Waals surface area (Å²) in [5.41, 5.74) is 0.868. The fraction of sp³-hybridized carbons (Fsp3) is 0.455. The summed E-state index contributed by atoms with van der Waals surface area (Å²) in [7, 11) is 0. The molecule has 6 heteroatoms. The molecule has 2 rings (SSSR count). The molecule has 2 aromatic heterocycles. The Kier molecular flexibility index (Phi) is 4.08. The molecule has 0 saturated carbocycles. The van der Waals surface area contributed by atoms with Crippen LogP contribution in [0.25, 0.3) is 5.65 Å². The van der Waals surface area contributed by atoms with Crippen molar-refractivity contribution in [3.05, 3.63) is 18.6 Å². The van der Waals surface area contributed by atoms with Crippen LogP contribution in [-0.2, 0) is 0 Å². The van der Waals surface area contributed by atoms with Crippen LogP contribution in [0, 0.1) is 0 Å². The van der Waals surface area contributed by atoms with Crippen molar-refractivity contribution >= 4 is 29.0 Å². The SMILES string of the molecule is CCNc1cn2ccnc2c(NCCSC)n1. The maximum Gasteiger partial charge on any atom is 0.180 e. The first-order chi connectivity index (χ1) is 8.35. The lowest BCUT2D eigenvalue weighted by atomic mass is 10.5. The van der Waals surface area contributed by atoms with Gasteiger partial charge in [-0.25, -0.2) is 9.97 Å². The summed E-state index contributed by atoms with van der Waals surface area (Å²) in [4.78, 5) is 8.82. The Morgan fingerprint density at radius 3 is 3.06 bits per heavy atom. The highest BCUT2D eigenvalue weighted by atomic mass is 32.2. The van der Waals surface area contributed by atoms with E-state index in [1.54, 1.807) is 6.20 Å². The molecular formula is C11H17N5S. The van der Waals surface area contributed by atoms with Crippen molar-refractivity contribution in [3.63, 3.8) is 0 Å². The molecule has 0 radical (unpaired) electrons. The summed E-state index contributed by atoms with van der Waals surface area (Å²) in [6.07, 6.45) is 7.75. The smallest absolute Gasteiger partial charge is 0.180 e. The van der Waals surface area contributed by atoms with Crippen molar-refractivity contribution in [2.24, 2.45) is 0 Å². The van der Waals surface area contributed by atoms with Crippen LogP contribution < -0.4 is 10.6 Å². The third-order valence-corrected chi connectivity index (χ3v) is 2.94. The molecule has 0 aromatic carbocycles. The molecule has 0 fully saturated rings. The number of hydrogen-bond donors (Lipinski definition) is 2. The normalized spacial score (nSPS) is 10.7. The number of thioether (sulfide) groups is 1. The highest BCUT2D eigenvalue weighted by Crippen LogP contribution is 2.16. The second-order valence-corrected chi connectivity index (χ2v) is 4.57. The number of aromatic nitrogens is 3. The zero-order valence-corrected chi connectivity index (χ0v) is 10.9. The van der Waals surface area contributed by atoms with E-state index < -0.39 is 0 Å². The third kappa shape index (κ3) is 2.82. The molecule has 2 N–H and O–H groups in total. The van der Waals surface area contributed by atoms with Crippen molar-refractivity contribution in [3.8, 4) is 0 Å². The fourth-order valence-electron chi connectivity index (χ4n) is 1.59. The first-order valence-corrected chi connectivity index (χ1v) is 7.05. The van der Waals surface area contributed by atoms with Crippen LogP contribution in [0.5, 0.6) is 0 Å². The highest BCUT2D eigenvalue weighted by molar-refractivity contribution is 7.98. The second-order valence-electron chi connectivity index (χ2n) is 3.58. The molecule has 0 bridgehead atoms. The summed E-state index contributed by atoms with van der Waals surface area (Å²) in [5, 5.41) is 6.53. The topological polar surface area (TPSA) is 54.2 Å². The van der Waals surface area contributed by atoms with Gasteiger partial charge in [0.1, 0.15) is 5.82 Å². The van der Waals surface area contributed by atoms with E-state index in [1.165, 1.54) is 0 Å². The molecule has 0 spiro atoms. The summed E-state index contributed by atoms with van der Waals surface area (Å²) in [6.45, 7) is 3.81. The summed E-state index contributed by atoms with van der Waals surface area (Å²) < 4.78 is 1.98. The van der Waals surface area contributed by atoms with Crippen LogP contribution in [0.15, 0.2) is 18.6 Å². The average molecular weight is 251 g/mol. The van der Waals surface area contributed by atoms with Gasteiger partial charge in [0.2, 0.25) is 0 Å². The van der Waals surface area contributed by atoms with Gasteiger partial charge in [-0.15, -0.1) is 0 Å². The summed E-state index contributed by atoms with van der Waals surface area (Å²) in [5.74, 6) is 2.76. The van der Waals surface area contributed by atoms with Gasteiger partial charge in [0.15, 0.2) is 11.5 Å². The number of nitrogens with one attached hydrogen (secondary N) is 2. The minimum atomic E-state index is 0.836. The second kappa shape index (κ2) is 5.77. The molecule has 2 heterocycles. The van der Waals surface area contributed by atoms with Crippen molar-refractivity contribution in [2.45, 2.75) is 6.92 Å². The Labute approximate surface area is 105 Å². The van der Waals surface area contributed by atoms with Gasteiger partial charge in [-0.3, -0.25) is 0 Å². The number of fused-ring (bicyclic) bond motifs is 1. The lowest BCUT2D eigenvalue weighted by molar-refractivity contribution is 1.07. The van der Waals surface area contributed by atoms with Crippen LogP contribution in [-0.4, -0.2) is 39.5 Å². The highest BCUT2D eigenvalue weighted by Gasteiger charge is 2.06. The predicted octanol–water partition coefficient (Wildman–Crippen LogP) is 1.94. The number of hydrogen-bond acceptors (Lipinski definition) is 5. The maximum atomic E-state index is 4.52. The molecule has 0 saturated heterocycles. The third-order valence-electron chi connectivity index (χ3n) is 2.33. The Morgan fingerprint density at radius 1 is 1.41 bits per heavy atom. The standard InChI is InChI=1S/C11H17N5S/c1-3-12-9-8-16-6-4-14-11(16)10(15-9)13-5-7-17-2/h4,6,8,12H,3,5,7H2,1-2H3,(H,13,15). The van der Waals surface area contributed by atoms with E-state index in [-0.39, 0.29) is 0 Å². The summed E-state index contributed by atoms with van der Waals surface area (Å²) >= 11 is 1.81. The van der Waals surface area contributed by atoms with E-state index >= 15 is 0 Å². The summed E-state index contributed by atoms with van der Waals surface area (Å²) in [6, 6.07) is 0.